The number of fused-ring (bicyclic) bond motifs is 1. The number of carbonyl (C=O) groups excluding carboxylic acids is 1. The van der Waals surface area contributed by atoms with Crippen LogP contribution >= 0.6 is 0 Å². The molecule has 34 heavy (non-hydrogen) atoms. The number of rotatable bonds is 3. The maximum Gasteiger partial charge on any atom is 0.418 e. The molecule has 0 atom stereocenters. The number of nitrogens with zero attached hydrogens (tertiary/aromatic N) is 4. The van der Waals surface area contributed by atoms with E-state index in [0.717, 1.165) is 13.1 Å². The molecule has 13 heteroatoms. The van der Waals surface area contributed by atoms with E-state index >= 15 is 0 Å². The van der Waals surface area contributed by atoms with Gasteiger partial charge in [0.05, 0.1) is 27.9 Å². The van der Waals surface area contributed by atoms with Crippen LogP contribution in [0.3, 0.4) is 0 Å². The summed E-state index contributed by atoms with van der Waals surface area (Å²) >= 11 is 0. The number of imidazole rings is 1. The van der Waals surface area contributed by atoms with Crippen molar-refractivity contribution in [1.82, 2.24) is 19.9 Å². The van der Waals surface area contributed by atoms with Gasteiger partial charge in [-0.3, -0.25) is 14.7 Å². The summed E-state index contributed by atoms with van der Waals surface area (Å²) in [5.41, 5.74) is -1.28. The molecule has 0 spiro atoms. The van der Waals surface area contributed by atoms with Crippen LogP contribution in [0.25, 0.3) is 22.3 Å². The summed E-state index contributed by atoms with van der Waals surface area (Å²) in [6, 6.07) is 4.88. The number of aromatic amines is 1. The number of hydrogen-bond acceptors (Lipinski definition) is 4. The van der Waals surface area contributed by atoms with Crippen molar-refractivity contribution in [1.29, 1.82) is 0 Å². The fourth-order valence-corrected chi connectivity index (χ4v) is 3.63. The highest BCUT2D eigenvalue weighted by molar-refractivity contribution is 5.94. The van der Waals surface area contributed by atoms with Gasteiger partial charge in [0.1, 0.15) is 0 Å². The highest BCUT2D eigenvalue weighted by atomic mass is 19.4. The molecule has 3 aromatic rings. The van der Waals surface area contributed by atoms with Crippen LogP contribution in [0, 0.1) is 0 Å². The second-order valence-electron chi connectivity index (χ2n) is 7.90. The topological polar surface area (TPSA) is 102 Å². The number of pyridine rings is 1. The van der Waals surface area contributed by atoms with E-state index in [2.05, 4.69) is 15.0 Å². The molecule has 2 aromatic heterocycles. The number of likely N-dealkylation sites (tertiary alicyclic amines) is 1. The summed E-state index contributed by atoms with van der Waals surface area (Å²) in [6.45, 7) is -0.211. The van der Waals surface area contributed by atoms with Gasteiger partial charge in [0.15, 0.2) is 0 Å². The summed E-state index contributed by atoms with van der Waals surface area (Å²) < 4.78 is 67.8. The molecule has 1 aromatic carbocycles. The van der Waals surface area contributed by atoms with Crippen molar-refractivity contribution >= 4 is 29.0 Å². The molecule has 1 saturated heterocycles. The van der Waals surface area contributed by atoms with Crippen molar-refractivity contribution in [3.8, 4) is 11.3 Å². The van der Waals surface area contributed by atoms with E-state index in [9.17, 15) is 31.5 Å². The lowest BCUT2D eigenvalue weighted by Crippen LogP contribution is -2.42. The van der Waals surface area contributed by atoms with Crippen molar-refractivity contribution in [2.45, 2.75) is 24.9 Å². The number of hydrogen-bond donors (Lipinski definition) is 2. The SMILES string of the molecule is CN(C(=O)O)c1nc2cc(-c3ccc(C(=O)N4CCC(F)(F)CC4)cn3)cc(C(F)(F)F)c2[nH]1. The van der Waals surface area contributed by atoms with E-state index in [1.807, 2.05) is 0 Å². The monoisotopic (exact) mass is 483 g/mol. The van der Waals surface area contributed by atoms with E-state index < -0.39 is 42.5 Å². The first-order chi connectivity index (χ1) is 15.9. The number of halogens is 5. The number of benzene rings is 1. The van der Waals surface area contributed by atoms with Crippen LogP contribution in [0.4, 0.5) is 32.7 Å². The molecular weight excluding hydrogens is 465 g/mol. The number of carboxylic acid groups (broad SMARTS) is 1. The van der Waals surface area contributed by atoms with Crippen LogP contribution in [-0.4, -0.2) is 63.0 Å². The molecule has 0 unspecified atom stereocenters. The number of alkyl halides is 5. The molecular formula is C21H18F5N5O3. The molecule has 4 rings (SSSR count). The summed E-state index contributed by atoms with van der Waals surface area (Å²) in [6.07, 6.45) is -5.88. The Morgan fingerprint density at radius 3 is 2.41 bits per heavy atom. The smallest absolute Gasteiger partial charge is 0.418 e. The second kappa shape index (κ2) is 8.22. The Bertz CT molecular complexity index is 1250. The third-order valence-corrected chi connectivity index (χ3v) is 5.58. The molecule has 3 heterocycles. The van der Waals surface area contributed by atoms with Crippen molar-refractivity contribution in [3.63, 3.8) is 0 Å². The van der Waals surface area contributed by atoms with Gasteiger partial charge in [0.2, 0.25) is 5.95 Å². The molecule has 0 aliphatic carbocycles. The molecule has 0 bridgehead atoms. The minimum atomic E-state index is -4.77. The Hall–Kier alpha value is -3.77. The number of carbonyl (C=O) groups is 2. The Balaban J connectivity index is 1.67. The lowest BCUT2D eigenvalue weighted by atomic mass is 10.0. The van der Waals surface area contributed by atoms with E-state index in [1.54, 1.807) is 0 Å². The average Bonchev–Trinajstić information content (AvgIpc) is 3.20. The van der Waals surface area contributed by atoms with Crippen LogP contribution in [-0.2, 0) is 6.18 Å². The van der Waals surface area contributed by atoms with Crippen LogP contribution in [0.5, 0.6) is 0 Å². The number of nitrogens with one attached hydrogen (secondary N) is 1. The predicted molar refractivity (Wildman–Crippen MR) is 111 cm³/mol. The quantitative estimate of drug-likeness (QED) is 0.529. The minimum absolute atomic E-state index is 0.0486. The first kappa shape index (κ1) is 23.4. The lowest BCUT2D eigenvalue weighted by Gasteiger charge is -2.31. The molecule has 0 saturated carbocycles. The van der Waals surface area contributed by atoms with Crippen molar-refractivity contribution < 1.29 is 36.6 Å². The fourth-order valence-electron chi connectivity index (χ4n) is 3.63. The normalized spacial score (nSPS) is 16.0. The zero-order valence-corrected chi connectivity index (χ0v) is 17.7. The standard InChI is InChI=1S/C21H18F5N5O3/c1-30(19(33)34)18-28-15-9-12(8-13(16(15)29-18)21(24,25)26)14-3-2-11(10-27-14)17(32)31-6-4-20(22,23)5-7-31/h2-3,8-10H,4-7H2,1H3,(H,28,29)(H,33,34). The third kappa shape index (κ3) is 4.50. The zero-order valence-electron chi connectivity index (χ0n) is 17.7. The van der Waals surface area contributed by atoms with Gasteiger partial charge in [0.25, 0.3) is 11.8 Å². The predicted octanol–water partition coefficient (Wildman–Crippen LogP) is 4.63. The van der Waals surface area contributed by atoms with Gasteiger partial charge in [0, 0.05) is 44.7 Å². The molecule has 0 radical (unpaired) electrons. The lowest BCUT2D eigenvalue weighted by molar-refractivity contribution is -0.136. The van der Waals surface area contributed by atoms with Crippen molar-refractivity contribution in [3.05, 3.63) is 41.6 Å². The van der Waals surface area contributed by atoms with Gasteiger partial charge in [-0.2, -0.15) is 13.2 Å². The van der Waals surface area contributed by atoms with Gasteiger partial charge in [-0.1, -0.05) is 0 Å². The minimum Gasteiger partial charge on any atom is -0.465 e. The zero-order chi connectivity index (χ0) is 24.8. The maximum absolute atomic E-state index is 13.7. The largest absolute Gasteiger partial charge is 0.465 e. The first-order valence-corrected chi connectivity index (χ1v) is 10.1. The Labute approximate surface area is 189 Å². The van der Waals surface area contributed by atoms with E-state index in [-0.39, 0.29) is 46.9 Å². The summed E-state index contributed by atoms with van der Waals surface area (Å²) in [4.78, 5) is 36.1. The molecule has 2 amide bonds. The number of amides is 2. The Morgan fingerprint density at radius 1 is 1.18 bits per heavy atom. The van der Waals surface area contributed by atoms with Gasteiger partial charge < -0.3 is 15.0 Å². The van der Waals surface area contributed by atoms with Crippen molar-refractivity contribution in [2.24, 2.45) is 0 Å². The number of piperidine rings is 1. The molecule has 8 nitrogen and oxygen atoms in total. The summed E-state index contributed by atoms with van der Waals surface area (Å²) in [5.74, 6) is -3.58. The van der Waals surface area contributed by atoms with Crippen LogP contribution < -0.4 is 4.90 Å². The molecule has 1 aliphatic rings. The number of H-pyrrole nitrogens is 1. The van der Waals surface area contributed by atoms with Crippen LogP contribution in [0.15, 0.2) is 30.5 Å². The Kier molecular flexibility index (Phi) is 5.66. The Morgan fingerprint density at radius 2 is 1.85 bits per heavy atom. The fraction of sp³-hybridized carbons (Fsp3) is 0.333. The average molecular weight is 483 g/mol. The molecule has 1 fully saturated rings. The van der Waals surface area contributed by atoms with E-state index in [0.29, 0.717) is 4.90 Å². The highest BCUT2D eigenvalue weighted by Crippen LogP contribution is 2.38. The summed E-state index contributed by atoms with van der Waals surface area (Å²) in [7, 11) is 1.13. The molecule has 1 aliphatic heterocycles. The van der Waals surface area contributed by atoms with Crippen LogP contribution in [0.2, 0.25) is 0 Å². The van der Waals surface area contributed by atoms with Gasteiger partial charge in [-0.05, 0) is 24.3 Å². The molecule has 2 N–H and O–H groups in total. The maximum atomic E-state index is 13.7. The second-order valence-corrected chi connectivity index (χ2v) is 7.90. The van der Waals surface area contributed by atoms with E-state index in [1.165, 1.54) is 29.3 Å². The van der Waals surface area contributed by atoms with Gasteiger partial charge in [-0.15, -0.1) is 0 Å². The van der Waals surface area contributed by atoms with Crippen molar-refractivity contribution in [2.75, 3.05) is 25.0 Å². The summed E-state index contributed by atoms with van der Waals surface area (Å²) in [5, 5.41) is 9.08. The van der Waals surface area contributed by atoms with Gasteiger partial charge >= 0.3 is 12.3 Å². The van der Waals surface area contributed by atoms with Crippen LogP contribution in [0.1, 0.15) is 28.8 Å². The highest BCUT2D eigenvalue weighted by Gasteiger charge is 2.36. The first-order valence-electron chi connectivity index (χ1n) is 10.1. The number of anilines is 1. The number of aromatic nitrogens is 3. The third-order valence-electron chi connectivity index (χ3n) is 5.58. The molecule has 180 valence electrons. The van der Waals surface area contributed by atoms with E-state index in [4.69, 9.17) is 5.11 Å². The van der Waals surface area contributed by atoms with Gasteiger partial charge in [-0.25, -0.2) is 18.6 Å².